The van der Waals surface area contributed by atoms with Crippen LogP contribution < -0.4 is 5.32 Å². The Morgan fingerprint density at radius 3 is 1.75 bits per heavy atom. The van der Waals surface area contributed by atoms with Crippen LogP contribution in [0.5, 0.6) is 0 Å². The first-order valence-electron chi connectivity index (χ1n) is 6.36. The lowest BCUT2D eigenvalue weighted by Crippen LogP contribution is -2.42. The summed E-state index contributed by atoms with van der Waals surface area (Å²) in [5, 5.41) is 3.58. The van der Waals surface area contributed by atoms with E-state index in [0.717, 1.165) is 6.54 Å². The molecule has 0 aromatic carbocycles. The van der Waals surface area contributed by atoms with E-state index in [9.17, 15) is 0 Å². The Balaban J connectivity index is 4.27. The van der Waals surface area contributed by atoms with Crippen LogP contribution >= 0.6 is 0 Å². The molecule has 0 spiro atoms. The maximum atomic E-state index is 3.99. The van der Waals surface area contributed by atoms with Gasteiger partial charge in [0.2, 0.25) is 0 Å². The van der Waals surface area contributed by atoms with Crippen molar-refractivity contribution >= 4 is 0 Å². The highest BCUT2D eigenvalue weighted by molar-refractivity contribution is 4.95. The molecular formula is C15H31N. The van der Waals surface area contributed by atoms with Gasteiger partial charge in [0.05, 0.1) is 0 Å². The summed E-state index contributed by atoms with van der Waals surface area (Å²) in [6.45, 7) is 20.8. The molecule has 1 N–H and O–H groups in total. The molecular weight excluding hydrogens is 194 g/mol. The zero-order valence-electron chi connectivity index (χ0n) is 12.4. The lowest BCUT2D eigenvalue weighted by atomic mass is 9.78. The van der Waals surface area contributed by atoms with Gasteiger partial charge in [-0.3, -0.25) is 0 Å². The predicted molar refractivity (Wildman–Crippen MR) is 74.7 cm³/mol. The van der Waals surface area contributed by atoms with Crippen LogP contribution in [0.4, 0.5) is 0 Å². The van der Waals surface area contributed by atoms with Crippen molar-refractivity contribution < 1.29 is 0 Å². The third-order valence-electron chi connectivity index (χ3n) is 2.96. The van der Waals surface area contributed by atoms with Crippen LogP contribution in [-0.4, -0.2) is 12.1 Å². The van der Waals surface area contributed by atoms with Crippen molar-refractivity contribution in [1.82, 2.24) is 5.32 Å². The van der Waals surface area contributed by atoms with Crippen molar-refractivity contribution in [3.63, 3.8) is 0 Å². The molecule has 0 saturated heterocycles. The zero-order chi connectivity index (χ0) is 13.0. The summed E-state index contributed by atoms with van der Waals surface area (Å²) in [6.07, 6.45) is 4.54. The average Bonchev–Trinajstić information content (AvgIpc) is 2.09. The maximum absolute atomic E-state index is 3.99. The SMILES string of the molecule is C=CC(C)(CCC(C)(C)C)CNC(C)(C)C. The van der Waals surface area contributed by atoms with Gasteiger partial charge >= 0.3 is 0 Å². The third kappa shape index (κ3) is 7.92. The third-order valence-corrected chi connectivity index (χ3v) is 2.96. The minimum absolute atomic E-state index is 0.187. The Labute approximate surface area is 103 Å². The van der Waals surface area contributed by atoms with Crippen molar-refractivity contribution in [2.75, 3.05) is 6.54 Å². The van der Waals surface area contributed by atoms with Crippen LogP contribution in [-0.2, 0) is 0 Å². The van der Waals surface area contributed by atoms with Crippen molar-refractivity contribution in [2.45, 2.75) is 66.8 Å². The Hall–Kier alpha value is -0.300. The van der Waals surface area contributed by atoms with Gasteiger partial charge in [-0.15, -0.1) is 6.58 Å². The number of rotatable bonds is 5. The molecule has 0 radical (unpaired) electrons. The fourth-order valence-electron chi connectivity index (χ4n) is 1.39. The molecule has 1 heteroatoms. The molecule has 0 fully saturated rings. The molecule has 16 heavy (non-hydrogen) atoms. The number of hydrogen-bond donors (Lipinski definition) is 1. The molecule has 0 rings (SSSR count). The summed E-state index contributed by atoms with van der Waals surface area (Å²) in [6, 6.07) is 0. The van der Waals surface area contributed by atoms with E-state index in [2.05, 4.69) is 66.4 Å². The van der Waals surface area contributed by atoms with Crippen LogP contribution in [0.2, 0.25) is 0 Å². The maximum Gasteiger partial charge on any atom is 0.00968 e. The van der Waals surface area contributed by atoms with Crippen molar-refractivity contribution in [3.8, 4) is 0 Å². The molecule has 0 aliphatic heterocycles. The highest BCUT2D eigenvalue weighted by atomic mass is 15.0. The summed E-state index contributed by atoms with van der Waals surface area (Å²) < 4.78 is 0. The van der Waals surface area contributed by atoms with E-state index in [1.165, 1.54) is 12.8 Å². The van der Waals surface area contributed by atoms with Gasteiger partial charge < -0.3 is 5.32 Å². The summed E-state index contributed by atoms with van der Waals surface area (Å²) in [5.74, 6) is 0. The second kappa shape index (κ2) is 5.35. The number of hydrogen-bond acceptors (Lipinski definition) is 1. The summed E-state index contributed by atoms with van der Waals surface area (Å²) in [7, 11) is 0. The van der Waals surface area contributed by atoms with Gasteiger partial charge in [-0.2, -0.15) is 0 Å². The quantitative estimate of drug-likeness (QED) is 0.684. The van der Waals surface area contributed by atoms with Gasteiger partial charge in [-0.25, -0.2) is 0 Å². The zero-order valence-corrected chi connectivity index (χ0v) is 12.4. The van der Waals surface area contributed by atoms with Gasteiger partial charge in [0, 0.05) is 12.1 Å². The van der Waals surface area contributed by atoms with Crippen LogP contribution in [0.1, 0.15) is 61.3 Å². The average molecular weight is 225 g/mol. The largest absolute Gasteiger partial charge is 0.311 e. The smallest absolute Gasteiger partial charge is 0.00968 e. The van der Waals surface area contributed by atoms with E-state index >= 15 is 0 Å². The Kier molecular flexibility index (Phi) is 5.25. The predicted octanol–water partition coefficient (Wildman–Crippen LogP) is 4.39. The molecule has 0 aromatic heterocycles. The summed E-state index contributed by atoms with van der Waals surface area (Å²) in [5.41, 5.74) is 0.804. The Morgan fingerprint density at radius 2 is 1.44 bits per heavy atom. The van der Waals surface area contributed by atoms with Crippen LogP contribution in [0.25, 0.3) is 0 Å². The van der Waals surface area contributed by atoms with E-state index in [0.29, 0.717) is 5.41 Å². The Morgan fingerprint density at radius 1 is 0.938 bits per heavy atom. The molecule has 0 aliphatic carbocycles. The van der Waals surface area contributed by atoms with E-state index in [1.807, 2.05) is 0 Å². The van der Waals surface area contributed by atoms with Gasteiger partial charge in [0.1, 0.15) is 0 Å². The second-order valence-corrected chi connectivity index (χ2v) is 7.52. The summed E-state index contributed by atoms with van der Waals surface area (Å²) in [4.78, 5) is 0. The molecule has 1 unspecified atom stereocenters. The molecule has 0 amide bonds. The fraction of sp³-hybridized carbons (Fsp3) is 0.867. The molecule has 1 atom stereocenters. The van der Waals surface area contributed by atoms with E-state index in [4.69, 9.17) is 0 Å². The van der Waals surface area contributed by atoms with Gasteiger partial charge in [0.25, 0.3) is 0 Å². The van der Waals surface area contributed by atoms with Crippen molar-refractivity contribution in [1.29, 1.82) is 0 Å². The van der Waals surface area contributed by atoms with Gasteiger partial charge in [-0.05, 0) is 44.4 Å². The lowest BCUT2D eigenvalue weighted by Gasteiger charge is -2.33. The topological polar surface area (TPSA) is 12.0 Å². The normalized spacial score (nSPS) is 16.9. The molecule has 0 saturated carbocycles. The standard InChI is InChI=1S/C15H31N/c1-9-15(8,11-10-13(2,3)4)12-16-14(5,6)7/h9,16H,1,10-12H2,2-8H3. The first-order chi connectivity index (χ1) is 6.97. The second-order valence-electron chi connectivity index (χ2n) is 7.52. The monoisotopic (exact) mass is 225 g/mol. The number of nitrogens with one attached hydrogen (secondary N) is 1. The van der Waals surface area contributed by atoms with Crippen molar-refractivity contribution in [2.24, 2.45) is 10.8 Å². The molecule has 0 bridgehead atoms. The van der Waals surface area contributed by atoms with Gasteiger partial charge in [-0.1, -0.05) is 33.8 Å². The minimum atomic E-state index is 0.187. The lowest BCUT2D eigenvalue weighted by molar-refractivity contribution is 0.255. The summed E-state index contributed by atoms with van der Waals surface area (Å²) >= 11 is 0. The van der Waals surface area contributed by atoms with Crippen LogP contribution in [0.15, 0.2) is 12.7 Å². The first-order valence-corrected chi connectivity index (χ1v) is 6.36. The molecule has 96 valence electrons. The molecule has 1 nitrogen and oxygen atoms in total. The van der Waals surface area contributed by atoms with Crippen LogP contribution in [0.3, 0.4) is 0 Å². The van der Waals surface area contributed by atoms with E-state index < -0.39 is 0 Å². The Bertz CT molecular complexity index is 197. The van der Waals surface area contributed by atoms with E-state index in [1.54, 1.807) is 0 Å². The van der Waals surface area contributed by atoms with E-state index in [-0.39, 0.29) is 11.0 Å². The minimum Gasteiger partial charge on any atom is -0.311 e. The first kappa shape index (κ1) is 15.7. The fourth-order valence-corrected chi connectivity index (χ4v) is 1.39. The van der Waals surface area contributed by atoms with Crippen LogP contribution in [0, 0.1) is 10.8 Å². The molecule has 0 aromatic rings. The highest BCUT2D eigenvalue weighted by Crippen LogP contribution is 2.31. The van der Waals surface area contributed by atoms with Gasteiger partial charge in [0.15, 0.2) is 0 Å². The highest BCUT2D eigenvalue weighted by Gasteiger charge is 2.24. The molecule has 0 heterocycles. The van der Waals surface area contributed by atoms with Crippen molar-refractivity contribution in [3.05, 3.63) is 12.7 Å². The molecule has 0 aliphatic rings.